The minimum absolute atomic E-state index is 0.0373. The average molecular weight is 309 g/mol. The summed E-state index contributed by atoms with van der Waals surface area (Å²) in [6, 6.07) is 8.79. The molecule has 0 bridgehead atoms. The lowest BCUT2D eigenvalue weighted by Gasteiger charge is -2.21. The normalized spacial score (nSPS) is 10.3. The molecule has 20 heavy (non-hydrogen) atoms. The lowest BCUT2D eigenvalue weighted by Crippen LogP contribution is -2.32. The van der Waals surface area contributed by atoms with Crippen molar-refractivity contribution in [2.24, 2.45) is 0 Å². The van der Waals surface area contributed by atoms with E-state index in [0.717, 1.165) is 11.3 Å². The molecule has 1 aromatic carbocycles. The summed E-state index contributed by atoms with van der Waals surface area (Å²) >= 11 is 12.0. The maximum Gasteiger partial charge on any atom is 0.231 e. The summed E-state index contributed by atoms with van der Waals surface area (Å²) in [5, 5.41) is 1.12. The number of hydrogen-bond acceptors (Lipinski definition) is 2. The van der Waals surface area contributed by atoms with Gasteiger partial charge in [0, 0.05) is 22.8 Å². The Kier molecular flexibility index (Phi) is 4.99. The second-order valence-electron chi connectivity index (χ2n) is 4.26. The van der Waals surface area contributed by atoms with Crippen LogP contribution < -0.4 is 4.90 Å². The van der Waals surface area contributed by atoms with Crippen molar-refractivity contribution < 1.29 is 4.79 Å². The van der Waals surface area contributed by atoms with Crippen molar-refractivity contribution in [3.05, 3.63) is 58.3 Å². The van der Waals surface area contributed by atoms with E-state index in [0.29, 0.717) is 16.6 Å². The number of likely N-dealkylation sites (N-methyl/N-ethyl adjacent to an activating group) is 1. The van der Waals surface area contributed by atoms with Gasteiger partial charge in [0.1, 0.15) is 0 Å². The first-order valence-corrected chi connectivity index (χ1v) is 7.01. The lowest BCUT2D eigenvalue weighted by atomic mass is 10.1. The molecule has 0 aliphatic heterocycles. The Morgan fingerprint density at radius 3 is 2.75 bits per heavy atom. The summed E-state index contributed by atoms with van der Waals surface area (Å²) < 4.78 is 0. The Labute approximate surface area is 128 Å². The number of rotatable bonds is 4. The Bertz CT molecular complexity index is 602. The number of nitrogens with zero attached hydrogens (tertiary/aromatic N) is 2. The van der Waals surface area contributed by atoms with Gasteiger partial charge < -0.3 is 4.90 Å². The molecule has 0 unspecified atom stereocenters. The van der Waals surface area contributed by atoms with Gasteiger partial charge >= 0.3 is 0 Å². The zero-order valence-electron chi connectivity index (χ0n) is 11.0. The van der Waals surface area contributed by atoms with Gasteiger partial charge in [0.25, 0.3) is 0 Å². The van der Waals surface area contributed by atoms with Gasteiger partial charge in [-0.15, -0.1) is 0 Å². The fourth-order valence-corrected chi connectivity index (χ4v) is 2.33. The molecule has 2 rings (SSSR count). The van der Waals surface area contributed by atoms with Crippen LogP contribution in [0.3, 0.4) is 0 Å². The number of pyridine rings is 1. The SMILES string of the molecule is CCN(C(=O)Cc1cc(Cl)ccc1Cl)c1cccnc1. The summed E-state index contributed by atoms with van der Waals surface area (Å²) in [7, 11) is 0. The third-order valence-corrected chi connectivity index (χ3v) is 3.53. The summed E-state index contributed by atoms with van der Waals surface area (Å²) in [5.74, 6) is -0.0373. The fraction of sp³-hybridized carbons (Fsp3) is 0.200. The molecule has 0 atom stereocenters. The van der Waals surface area contributed by atoms with Crippen LogP contribution in [0.25, 0.3) is 0 Å². The van der Waals surface area contributed by atoms with Gasteiger partial charge in [0.05, 0.1) is 18.3 Å². The molecule has 0 spiro atoms. The third kappa shape index (κ3) is 3.50. The van der Waals surface area contributed by atoms with E-state index in [1.54, 1.807) is 41.6 Å². The molecular weight excluding hydrogens is 295 g/mol. The number of benzene rings is 1. The Balaban J connectivity index is 2.20. The molecule has 0 aliphatic rings. The lowest BCUT2D eigenvalue weighted by molar-refractivity contribution is -0.117. The predicted molar refractivity (Wildman–Crippen MR) is 82.4 cm³/mol. The first kappa shape index (κ1) is 14.8. The molecule has 104 valence electrons. The van der Waals surface area contributed by atoms with Crippen LogP contribution in [0.1, 0.15) is 12.5 Å². The van der Waals surface area contributed by atoms with Gasteiger partial charge in [0.2, 0.25) is 5.91 Å². The number of halogens is 2. The summed E-state index contributed by atoms with van der Waals surface area (Å²) in [6.07, 6.45) is 3.55. The quantitative estimate of drug-likeness (QED) is 0.856. The zero-order chi connectivity index (χ0) is 14.5. The Morgan fingerprint density at radius 1 is 1.30 bits per heavy atom. The van der Waals surface area contributed by atoms with E-state index < -0.39 is 0 Å². The van der Waals surface area contributed by atoms with Crippen LogP contribution in [0, 0.1) is 0 Å². The van der Waals surface area contributed by atoms with Gasteiger partial charge in [-0.2, -0.15) is 0 Å². The van der Waals surface area contributed by atoms with Gasteiger partial charge in [-0.1, -0.05) is 23.2 Å². The second-order valence-corrected chi connectivity index (χ2v) is 5.11. The van der Waals surface area contributed by atoms with Crippen LogP contribution in [-0.4, -0.2) is 17.4 Å². The van der Waals surface area contributed by atoms with Crippen LogP contribution in [-0.2, 0) is 11.2 Å². The topological polar surface area (TPSA) is 33.2 Å². The van der Waals surface area contributed by atoms with Gasteiger partial charge in [0.15, 0.2) is 0 Å². The number of carbonyl (C=O) groups excluding carboxylic acids is 1. The Hall–Kier alpha value is -1.58. The zero-order valence-corrected chi connectivity index (χ0v) is 12.5. The first-order chi connectivity index (χ1) is 9.61. The van der Waals surface area contributed by atoms with Crippen LogP contribution in [0.5, 0.6) is 0 Å². The van der Waals surface area contributed by atoms with Gasteiger partial charge in [-0.25, -0.2) is 0 Å². The number of anilines is 1. The number of carbonyl (C=O) groups is 1. The third-order valence-electron chi connectivity index (χ3n) is 2.92. The molecule has 0 N–H and O–H groups in total. The molecular formula is C15H14Cl2N2O. The predicted octanol–water partition coefficient (Wildman–Crippen LogP) is 3.98. The van der Waals surface area contributed by atoms with Crippen LogP contribution in [0.15, 0.2) is 42.7 Å². The highest BCUT2D eigenvalue weighted by molar-refractivity contribution is 6.33. The molecule has 1 aromatic heterocycles. The van der Waals surface area contributed by atoms with E-state index in [1.165, 1.54) is 0 Å². The molecule has 5 heteroatoms. The fourth-order valence-electron chi connectivity index (χ4n) is 1.95. The summed E-state index contributed by atoms with van der Waals surface area (Å²) in [6.45, 7) is 2.49. The summed E-state index contributed by atoms with van der Waals surface area (Å²) in [5.41, 5.74) is 1.50. The average Bonchev–Trinajstić information content (AvgIpc) is 2.45. The molecule has 0 radical (unpaired) electrons. The second kappa shape index (κ2) is 6.73. The molecule has 0 aliphatic carbocycles. The van der Waals surface area contributed by atoms with Crippen molar-refractivity contribution in [3.63, 3.8) is 0 Å². The number of hydrogen-bond donors (Lipinski definition) is 0. The maximum absolute atomic E-state index is 12.4. The van der Waals surface area contributed by atoms with Crippen molar-refractivity contribution in [2.75, 3.05) is 11.4 Å². The van der Waals surface area contributed by atoms with E-state index >= 15 is 0 Å². The monoisotopic (exact) mass is 308 g/mol. The highest BCUT2D eigenvalue weighted by Crippen LogP contribution is 2.22. The molecule has 1 amide bonds. The van der Waals surface area contributed by atoms with Crippen molar-refractivity contribution in [1.29, 1.82) is 0 Å². The van der Waals surface area contributed by atoms with E-state index in [2.05, 4.69) is 4.98 Å². The van der Waals surface area contributed by atoms with Crippen molar-refractivity contribution >= 4 is 34.8 Å². The minimum atomic E-state index is -0.0373. The van der Waals surface area contributed by atoms with E-state index in [1.807, 2.05) is 13.0 Å². The van der Waals surface area contributed by atoms with Crippen molar-refractivity contribution in [2.45, 2.75) is 13.3 Å². The van der Waals surface area contributed by atoms with Crippen LogP contribution in [0.2, 0.25) is 10.0 Å². The standard InChI is InChI=1S/C15H14Cl2N2O/c1-2-19(13-4-3-7-18-10-13)15(20)9-11-8-12(16)5-6-14(11)17/h3-8,10H,2,9H2,1H3. The Morgan fingerprint density at radius 2 is 2.10 bits per heavy atom. The van der Waals surface area contributed by atoms with Crippen molar-refractivity contribution in [1.82, 2.24) is 4.98 Å². The molecule has 2 aromatic rings. The van der Waals surface area contributed by atoms with Gasteiger partial charge in [-0.05, 0) is 42.8 Å². The molecule has 0 saturated carbocycles. The van der Waals surface area contributed by atoms with Crippen LogP contribution in [0.4, 0.5) is 5.69 Å². The molecule has 1 heterocycles. The largest absolute Gasteiger partial charge is 0.311 e. The highest BCUT2D eigenvalue weighted by atomic mass is 35.5. The van der Waals surface area contributed by atoms with Crippen molar-refractivity contribution in [3.8, 4) is 0 Å². The first-order valence-electron chi connectivity index (χ1n) is 6.26. The maximum atomic E-state index is 12.4. The molecule has 0 fully saturated rings. The van der Waals surface area contributed by atoms with E-state index in [-0.39, 0.29) is 12.3 Å². The minimum Gasteiger partial charge on any atom is -0.311 e. The van der Waals surface area contributed by atoms with Gasteiger partial charge in [-0.3, -0.25) is 9.78 Å². The van der Waals surface area contributed by atoms with Crippen LogP contribution >= 0.6 is 23.2 Å². The molecule has 3 nitrogen and oxygen atoms in total. The van der Waals surface area contributed by atoms with E-state index in [9.17, 15) is 4.79 Å². The number of aromatic nitrogens is 1. The summed E-state index contributed by atoms with van der Waals surface area (Å²) in [4.78, 5) is 18.1. The number of amides is 1. The molecule has 0 saturated heterocycles. The smallest absolute Gasteiger partial charge is 0.231 e. The van der Waals surface area contributed by atoms with E-state index in [4.69, 9.17) is 23.2 Å². The highest BCUT2D eigenvalue weighted by Gasteiger charge is 2.16.